The number of carbonyl (C=O) groups excluding carboxylic acids is 5. The predicted octanol–water partition coefficient (Wildman–Crippen LogP) is 8.04. The van der Waals surface area contributed by atoms with Crippen LogP contribution in [0.15, 0.2) is 48.1 Å². The summed E-state index contributed by atoms with van der Waals surface area (Å²) in [5.74, 6) is -2.58. The molecular weight excluding hydrogens is 712 g/mol. The summed E-state index contributed by atoms with van der Waals surface area (Å²) in [5, 5.41) is 12.1. The van der Waals surface area contributed by atoms with Gasteiger partial charge in [-0.05, 0) is 86.6 Å². The lowest BCUT2D eigenvalue weighted by Gasteiger charge is -2.64. The van der Waals surface area contributed by atoms with Gasteiger partial charge < -0.3 is 24.1 Å². The number of esters is 2. The van der Waals surface area contributed by atoms with Gasteiger partial charge >= 0.3 is 18.1 Å². The Hall–Kier alpha value is -3.50. The highest BCUT2D eigenvalue weighted by atomic mass is 35.5. The maximum atomic E-state index is 14.6. The molecule has 3 fully saturated rings. The molecular formula is C43H57ClO10. The van der Waals surface area contributed by atoms with Gasteiger partial charge in [-0.15, -0.1) is 11.6 Å². The van der Waals surface area contributed by atoms with Gasteiger partial charge in [-0.1, -0.05) is 84.6 Å². The molecule has 0 spiro atoms. The van der Waals surface area contributed by atoms with E-state index in [0.29, 0.717) is 38.7 Å². The molecule has 0 radical (unpaired) electrons. The summed E-state index contributed by atoms with van der Waals surface area (Å²) in [6.07, 6.45) is 9.31. The van der Waals surface area contributed by atoms with Gasteiger partial charge in [0.2, 0.25) is 5.78 Å². The summed E-state index contributed by atoms with van der Waals surface area (Å²) in [4.78, 5) is 64.5. The number of aliphatic hydroxyl groups is 1. The molecule has 5 rings (SSSR count). The standard InChI is InChI=1S/C43H57ClO10/c1-7-9-11-21-51-38(49)27(3)22-29-13-16-32(17-14-29)53-39(50)52-26-36(47)43(54-37(48)12-10-8-2)28(4)23-34-33-18-15-30-24-31(45)19-20-40(30,5)42(33,44)35(46)25-41(34,43)6/h13-14,16-17,19-20,24,27-28,33-35,46H,7-12,15,18,21-23,25-26H2,1-6H3. The number of rotatable bonds is 15. The fraction of sp³-hybridized carbons (Fsp3) is 0.651. The molecule has 0 aromatic heterocycles. The molecule has 4 aliphatic carbocycles. The molecule has 4 aliphatic rings. The number of halogens is 1. The summed E-state index contributed by atoms with van der Waals surface area (Å²) in [6, 6.07) is 6.67. The number of hydrogen-bond acceptors (Lipinski definition) is 10. The topological polar surface area (TPSA) is 142 Å². The van der Waals surface area contributed by atoms with Crippen molar-refractivity contribution in [2.75, 3.05) is 13.2 Å². The summed E-state index contributed by atoms with van der Waals surface area (Å²) in [7, 11) is 0. The Kier molecular flexibility index (Phi) is 12.9. The van der Waals surface area contributed by atoms with Crippen molar-refractivity contribution in [1.29, 1.82) is 0 Å². The number of carbonyl (C=O) groups is 5. The molecule has 0 heterocycles. The number of allylic oxidation sites excluding steroid dienone is 4. The first kappa shape index (κ1) is 41.7. The molecule has 9 unspecified atom stereocenters. The second kappa shape index (κ2) is 16.7. The SMILES string of the molecule is CCCCCOC(=O)C(C)Cc1ccc(OC(=O)OCC(=O)C2(OC(=O)CCCC)C(C)CC3C4CCC5=CC(=O)C=CC5(C)C4(Cl)C(O)CC32C)cc1. The Morgan fingerprint density at radius 3 is 2.39 bits per heavy atom. The fourth-order valence-corrected chi connectivity index (χ4v) is 10.6. The van der Waals surface area contributed by atoms with Crippen LogP contribution in [0.5, 0.6) is 5.75 Å². The molecule has 0 aliphatic heterocycles. The minimum atomic E-state index is -1.70. The van der Waals surface area contributed by atoms with Gasteiger partial charge in [0, 0.05) is 23.2 Å². The zero-order valence-corrected chi connectivity index (χ0v) is 33.4. The Balaban J connectivity index is 1.31. The second-order valence-electron chi connectivity index (χ2n) is 16.4. The number of hydrogen-bond donors (Lipinski definition) is 1. The maximum absolute atomic E-state index is 14.6. The molecule has 1 N–H and O–H groups in total. The minimum Gasteiger partial charge on any atom is -0.465 e. The first-order valence-corrected chi connectivity index (χ1v) is 20.1. The van der Waals surface area contributed by atoms with Crippen LogP contribution < -0.4 is 4.74 Å². The van der Waals surface area contributed by atoms with Gasteiger partial charge in [0.05, 0.1) is 23.5 Å². The number of unbranched alkanes of at least 4 members (excludes halogenated alkanes) is 3. The van der Waals surface area contributed by atoms with Crippen LogP contribution in [0.25, 0.3) is 0 Å². The number of fused-ring (bicyclic) bond motifs is 5. The van der Waals surface area contributed by atoms with E-state index in [-0.39, 0.29) is 48.1 Å². The van der Waals surface area contributed by atoms with Crippen LogP contribution in [0.2, 0.25) is 0 Å². The number of Topliss-reactive ketones (excluding diaryl/α,β-unsaturated/α-hetero) is 1. The van der Waals surface area contributed by atoms with E-state index < -0.39 is 57.8 Å². The van der Waals surface area contributed by atoms with E-state index in [2.05, 4.69) is 6.92 Å². The smallest absolute Gasteiger partial charge is 0.465 e. The number of aliphatic hydroxyl groups excluding tert-OH is 1. The molecule has 11 heteroatoms. The first-order valence-electron chi connectivity index (χ1n) is 19.7. The average molecular weight is 769 g/mol. The van der Waals surface area contributed by atoms with Crippen molar-refractivity contribution in [2.45, 2.75) is 129 Å². The number of benzene rings is 1. The largest absolute Gasteiger partial charge is 0.514 e. The molecule has 3 saturated carbocycles. The second-order valence-corrected chi connectivity index (χ2v) is 17.0. The summed E-state index contributed by atoms with van der Waals surface area (Å²) < 4.78 is 22.5. The van der Waals surface area contributed by atoms with Crippen molar-refractivity contribution >= 4 is 41.3 Å². The van der Waals surface area contributed by atoms with Crippen LogP contribution in [0, 0.1) is 34.5 Å². The summed E-state index contributed by atoms with van der Waals surface area (Å²) >= 11 is 7.62. The normalized spacial score (nSPS) is 33.0. The van der Waals surface area contributed by atoms with Crippen LogP contribution in [0.4, 0.5) is 4.79 Å². The third-order valence-corrected chi connectivity index (χ3v) is 13.9. The fourth-order valence-electron chi connectivity index (χ4n) is 10.1. The van der Waals surface area contributed by atoms with Gasteiger partial charge in [0.15, 0.2) is 18.0 Å². The van der Waals surface area contributed by atoms with Crippen molar-refractivity contribution in [2.24, 2.45) is 34.5 Å². The van der Waals surface area contributed by atoms with E-state index >= 15 is 0 Å². The average Bonchev–Trinajstić information content (AvgIpc) is 3.35. The molecule has 1 aromatic rings. The zero-order chi connectivity index (χ0) is 39.5. The van der Waals surface area contributed by atoms with Crippen LogP contribution in [-0.4, -0.2) is 64.6 Å². The van der Waals surface area contributed by atoms with E-state index in [4.69, 9.17) is 30.5 Å². The minimum absolute atomic E-state index is 0.0610. The third kappa shape index (κ3) is 7.54. The molecule has 54 heavy (non-hydrogen) atoms. The Labute approximate surface area is 324 Å². The number of ether oxygens (including phenoxy) is 4. The highest BCUT2D eigenvalue weighted by Gasteiger charge is 2.76. The summed E-state index contributed by atoms with van der Waals surface area (Å²) in [6.45, 7) is 11.3. The molecule has 1 aromatic carbocycles. The van der Waals surface area contributed by atoms with Crippen LogP contribution in [0.1, 0.15) is 111 Å². The molecule has 0 bridgehead atoms. The molecule has 0 amide bonds. The Morgan fingerprint density at radius 1 is 1.00 bits per heavy atom. The van der Waals surface area contributed by atoms with Crippen molar-refractivity contribution in [3.05, 3.63) is 53.6 Å². The lowest BCUT2D eigenvalue weighted by molar-refractivity contribution is -0.203. The zero-order valence-electron chi connectivity index (χ0n) is 32.6. The van der Waals surface area contributed by atoms with Crippen molar-refractivity contribution < 1.29 is 48.0 Å². The Bertz CT molecular complexity index is 1650. The maximum Gasteiger partial charge on any atom is 0.514 e. The van der Waals surface area contributed by atoms with Crippen molar-refractivity contribution in [3.63, 3.8) is 0 Å². The lowest BCUT2D eigenvalue weighted by atomic mass is 9.45. The first-order chi connectivity index (χ1) is 25.6. The van der Waals surface area contributed by atoms with Gasteiger partial charge in [-0.25, -0.2) is 4.79 Å². The van der Waals surface area contributed by atoms with E-state index in [0.717, 1.165) is 36.8 Å². The van der Waals surface area contributed by atoms with Crippen molar-refractivity contribution in [1.82, 2.24) is 0 Å². The van der Waals surface area contributed by atoms with Gasteiger partial charge in [-0.3, -0.25) is 19.2 Å². The van der Waals surface area contributed by atoms with E-state index in [1.54, 1.807) is 30.3 Å². The van der Waals surface area contributed by atoms with Gasteiger partial charge in [0.25, 0.3) is 0 Å². The van der Waals surface area contributed by atoms with Gasteiger partial charge in [-0.2, -0.15) is 0 Å². The third-order valence-electron chi connectivity index (χ3n) is 13.0. The Morgan fingerprint density at radius 2 is 1.70 bits per heavy atom. The summed E-state index contributed by atoms with van der Waals surface area (Å²) in [5.41, 5.74) is -1.78. The predicted molar refractivity (Wildman–Crippen MR) is 203 cm³/mol. The molecule has 9 atom stereocenters. The van der Waals surface area contributed by atoms with E-state index in [9.17, 15) is 29.1 Å². The monoisotopic (exact) mass is 768 g/mol. The van der Waals surface area contributed by atoms with E-state index in [1.807, 2.05) is 40.7 Å². The van der Waals surface area contributed by atoms with E-state index in [1.165, 1.54) is 6.08 Å². The highest BCUT2D eigenvalue weighted by molar-refractivity contribution is 6.26. The van der Waals surface area contributed by atoms with Gasteiger partial charge in [0.1, 0.15) is 5.75 Å². The van der Waals surface area contributed by atoms with Crippen LogP contribution >= 0.6 is 11.6 Å². The van der Waals surface area contributed by atoms with Crippen molar-refractivity contribution in [3.8, 4) is 5.75 Å². The van der Waals surface area contributed by atoms with Crippen LogP contribution in [-0.2, 0) is 39.8 Å². The molecule has 296 valence electrons. The quantitative estimate of drug-likeness (QED) is 0.0613. The molecule has 0 saturated heterocycles. The molecule has 10 nitrogen and oxygen atoms in total. The number of alkyl halides is 1. The van der Waals surface area contributed by atoms with Crippen LogP contribution in [0.3, 0.4) is 0 Å². The lowest BCUT2D eigenvalue weighted by Crippen LogP contribution is -2.69. The number of ketones is 2. The highest BCUT2D eigenvalue weighted by Crippen LogP contribution is 2.72.